The van der Waals surface area contributed by atoms with Gasteiger partial charge in [-0.1, -0.05) is 0 Å². The summed E-state index contributed by atoms with van der Waals surface area (Å²) in [7, 11) is 1.89. The third-order valence-corrected chi connectivity index (χ3v) is 3.96. The van der Waals surface area contributed by atoms with E-state index in [9.17, 15) is 13.2 Å². The van der Waals surface area contributed by atoms with Crippen molar-refractivity contribution in [1.29, 1.82) is 0 Å². The van der Waals surface area contributed by atoms with Gasteiger partial charge in [0, 0.05) is 19.1 Å². The molecular formula is C15H14F3N5O2. The van der Waals surface area contributed by atoms with Crippen LogP contribution < -0.4 is 15.5 Å². The van der Waals surface area contributed by atoms with Crippen LogP contribution in [0.2, 0.25) is 0 Å². The fourth-order valence-corrected chi connectivity index (χ4v) is 2.68. The molecule has 10 heteroatoms. The van der Waals surface area contributed by atoms with E-state index >= 15 is 0 Å². The number of aromatic nitrogens is 2. The largest absolute Gasteiger partial charge is 0.573 e. The van der Waals surface area contributed by atoms with E-state index < -0.39 is 6.36 Å². The topological polar surface area (TPSA) is 75.5 Å². The van der Waals surface area contributed by atoms with Crippen molar-refractivity contribution in [2.24, 2.45) is 0 Å². The van der Waals surface area contributed by atoms with E-state index in [1.807, 2.05) is 12.1 Å². The highest BCUT2D eigenvalue weighted by molar-refractivity contribution is 6.02. The van der Waals surface area contributed by atoms with Crippen molar-refractivity contribution in [2.45, 2.75) is 12.4 Å². The lowest BCUT2D eigenvalue weighted by atomic mass is 10.2. The number of hydrogen-bond acceptors (Lipinski definition) is 7. The zero-order chi connectivity index (χ0) is 17.6. The van der Waals surface area contributed by atoms with Crippen LogP contribution >= 0.6 is 0 Å². The molecule has 3 aromatic rings. The number of alkyl halides is 3. The van der Waals surface area contributed by atoms with Crippen LogP contribution in [-0.4, -0.2) is 47.5 Å². The second kappa shape index (κ2) is 5.74. The van der Waals surface area contributed by atoms with E-state index in [0.29, 0.717) is 34.1 Å². The minimum Gasteiger partial charge on any atom is -0.453 e. The van der Waals surface area contributed by atoms with Gasteiger partial charge in [-0.25, -0.2) is 15.0 Å². The zero-order valence-electron chi connectivity index (χ0n) is 13.1. The third-order valence-electron chi connectivity index (χ3n) is 3.96. The van der Waals surface area contributed by atoms with Crippen molar-refractivity contribution < 1.29 is 22.3 Å². The van der Waals surface area contributed by atoms with Gasteiger partial charge in [0.2, 0.25) is 5.95 Å². The lowest BCUT2D eigenvalue weighted by Gasteiger charge is -2.38. The minimum absolute atomic E-state index is 0.324. The molecule has 0 spiro atoms. The number of nitrogens with zero attached hydrogens (tertiary/aromatic N) is 3. The number of nitrogens with one attached hydrogen (secondary N) is 2. The molecule has 25 heavy (non-hydrogen) atoms. The molecule has 132 valence electrons. The van der Waals surface area contributed by atoms with Crippen molar-refractivity contribution in [1.82, 2.24) is 20.3 Å². The first-order valence-corrected chi connectivity index (χ1v) is 7.55. The molecular weight excluding hydrogens is 339 g/mol. The van der Waals surface area contributed by atoms with Gasteiger partial charge in [0.15, 0.2) is 5.58 Å². The van der Waals surface area contributed by atoms with E-state index in [-0.39, 0.29) is 5.75 Å². The third kappa shape index (κ3) is 3.17. The highest BCUT2D eigenvalue weighted by Gasteiger charge is 2.31. The van der Waals surface area contributed by atoms with Gasteiger partial charge in [-0.2, -0.15) is 0 Å². The minimum atomic E-state index is -4.75. The van der Waals surface area contributed by atoms with Gasteiger partial charge in [-0.15, -0.1) is 13.2 Å². The maximum Gasteiger partial charge on any atom is 0.573 e. The van der Waals surface area contributed by atoms with Gasteiger partial charge >= 0.3 is 6.36 Å². The molecule has 0 unspecified atom stereocenters. The average molecular weight is 353 g/mol. The number of furan rings is 1. The number of fused-ring (bicyclic) bond motifs is 3. The Bertz CT molecular complexity index is 921. The maximum atomic E-state index is 12.4. The van der Waals surface area contributed by atoms with Crippen LogP contribution in [0.1, 0.15) is 0 Å². The molecule has 4 rings (SSSR count). The Labute approximate surface area is 139 Å². The van der Waals surface area contributed by atoms with Crippen molar-refractivity contribution >= 4 is 28.0 Å². The Hall–Kier alpha value is -2.59. The molecule has 1 aromatic carbocycles. The lowest BCUT2D eigenvalue weighted by Crippen LogP contribution is -2.59. The van der Waals surface area contributed by atoms with E-state index in [4.69, 9.17) is 4.42 Å². The summed E-state index contributed by atoms with van der Waals surface area (Å²) in [6.07, 6.45) is -3.26. The number of likely N-dealkylation sites (N-methyl/N-ethyl adjacent to an activating group) is 1. The standard InChI is InChI=1S/C15H14F3N5O2/c1-19-8-6-23(7-8)22-14-20-5-12-13(21-14)10-4-9(25-15(16,17)18)2-3-11(10)24-12/h2-5,8,19H,6-7H2,1H3,(H,20,21,22). The Morgan fingerprint density at radius 1 is 1.28 bits per heavy atom. The number of rotatable bonds is 4. The predicted molar refractivity (Wildman–Crippen MR) is 84.0 cm³/mol. The average Bonchev–Trinajstić information content (AvgIpc) is 2.86. The van der Waals surface area contributed by atoms with Gasteiger partial charge in [-0.05, 0) is 25.2 Å². The van der Waals surface area contributed by atoms with Crippen LogP contribution in [-0.2, 0) is 0 Å². The molecule has 0 saturated carbocycles. The molecule has 0 amide bonds. The molecule has 2 aromatic heterocycles. The molecule has 7 nitrogen and oxygen atoms in total. The summed E-state index contributed by atoms with van der Waals surface area (Å²) in [5.74, 6) is 0.0299. The van der Waals surface area contributed by atoms with Gasteiger partial charge < -0.3 is 14.5 Å². The summed E-state index contributed by atoms with van der Waals surface area (Å²) < 4.78 is 46.7. The van der Waals surface area contributed by atoms with Crippen LogP contribution in [0.3, 0.4) is 0 Å². The van der Waals surface area contributed by atoms with Crippen LogP contribution in [0.15, 0.2) is 28.8 Å². The number of hydrazine groups is 1. The molecule has 1 aliphatic heterocycles. The van der Waals surface area contributed by atoms with Crippen LogP contribution in [0.4, 0.5) is 19.1 Å². The van der Waals surface area contributed by atoms with Crippen LogP contribution in [0.5, 0.6) is 5.75 Å². The van der Waals surface area contributed by atoms with E-state index in [1.165, 1.54) is 24.4 Å². The summed E-state index contributed by atoms with van der Waals surface area (Å²) in [5, 5.41) is 5.51. The number of halogens is 3. The van der Waals surface area contributed by atoms with E-state index in [2.05, 4.69) is 25.4 Å². The fourth-order valence-electron chi connectivity index (χ4n) is 2.68. The normalized spacial score (nSPS) is 16.3. The summed E-state index contributed by atoms with van der Waals surface area (Å²) in [5.41, 5.74) is 4.28. The van der Waals surface area contributed by atoms with Gasteiger partial charge in [0.05, 0.1) is 11.6 Å². The molecule has 1 fully saturated rings. The fraction of sp³-hybridized carbons (Fsp3) is 0.333. The van der Waals surface area contributed by atoms with Gasteiger partial charge in [0.1, 0.15) is 16.8 Å². The van der Waals surface area contributed by atoms with Gasteiger partial charge in [-0.3, -0.25) is 5.43 Å². The first-order valence-electron chi connectivity index (χ1n) is 7.55. The summed E-state index contributed by atoms with van der Waals surface area (Å²) in [4.78, 5) is 8.53. The molecule has 0 aliphatic carbocycles. The van der Waals surface area contributed by atoms with E-state index in [0.717, 1.165) is 13.1 Å². The SMILES string of the molecule is CNC1CN(Nc2ncc3oc4ccc(OC(F)(F)F)cc4c3n2)C1. The summed E-state index contributed by atoms with van der Waals surface area (Å²) >= 11 is 0. The first kappa shape index (κ1) is 15.9. The number of benzene rings is 1. The predicted octanol–water partition coefficient (Wildman–Crippen LogP) is 2.51. The maximum absolute atomic E-state index is 12.4. The van der Waals surface area contributed by atoms with Crippen molar-refractivity contribution in [3.05, 3.63) is 24.4 Å². The quantitative estimate of drug-likeness (QED) is 0.746. The molecule has 1 aliphatic rings. The Morgan fingerprint density at radius 2 is 2.08 bits per heavy atom. The molecule has 0 atom stereocenters. The Morgan fingerprint density at radius 3 is 2.80 bits per heavy atom. The molecule has 2 N–H and O–H groups in total. The summed E-state index contributed by atoms with van der Waals surface area (Å²) in [6.45, 7) is 1.60. The summed E-state index contributed by atoms with van der Waals surface area (Å²) in [6, 6.07) is 4.28. The number of anilines is 1. The lowest BCUT2D eigenvalue weighted by molar-refractivity contribution is -0.274. The smallest absolute Gasteiger partial charge is 0.453 e. The molecule has 1 saturated heterocycles. The van der Waals surface area contributed by atoms with E-state index in [1.54, 1.807) is 0 Å². The molecule has 3 heterocycles. The first-order chi connectivity index (χ1) is 11.9. The van der Waals surface area contributed by atoms with Crippen molar-refractivity contribution in [2.75, 3.05) is 25.6 Å². The van der Waals surface area contributed by atoms with Crippen LogP contribution in [0, 0.1) is 0 Å². The second-order valence-corrected chi connectivity index (χ2v) is 5.72. The monoisotopic (exact) mass is 353 g/mol. The Kier molecular flexibility index (Phi) is 3.65. The van der Waals surface area contributed by atoms with Gasteiger partial charge in [0.25, 0.3) is 0 Å². The zero-order valence-corrected chi connectivity index (χ0v) is 13.1. The second-order valence-electron chi connectivity index (χ2n) is 5.72. The highest BCUT2D eigenvalue weighted by atomic mass is 19.4. The van der Waals surface area contributed by atoms with Crippen LogP contribution in [0.25, 0.3) is 22.1 Å². The number of ether oxygens (including phenoxy) is 1. The highest BCUT2D eigenvalue weighted by Crippen LogP contribution is 2.32. The van der Waals surface area contributed by atoms with Crippen molar-refractivity contribution in [3.8, 4) is 5.75 Å². The Balaban J connectivity index is 1.65. The molecule has 0 radical (unpaired) electrons. The number of hydrogen-bond donors (Lipinski definition) is 2. The van der Waals surface area contributed by atoms with Crippen molar-refractivity contribution in [3.63, 3.8) is 0 Å². The molecule has 0 bridgehead atoms.